The fourth-order valence-electron chi connectivity index (χ4n) is 1.89. The molecule has 0 spiro atoms. The van der Waals surface area contributed by atoms with Crippen molar-refractivity contribution >= 4 is 11.6 Å². The van der Waals surface area contributed by atoms with Crippen LogP contribution in [-0.2, 0) is 5.54 Å². The molecule has 1 aliphatic rings. The number of phenolic OH excluding ortho intramolecular Hbond substituents is 1. The van der Waals surface area contributed by atoms with Gasteiger partial charge in [0.05, 0.1) is 0 Å². The topological polar surface area (TPSA) is 46.2 Å². The maximum Gasteiger partial charge on any atom is 0.120 e. The van der Waals surface area contributed by atoms with Crippen LogP contribution in [0.25, 0.3) is 0 Å². The zero-order valence-electron chi connectivity index (χ0n) is 8.18. The lowest BCUT2D eigenvalue weighted by Crippen LogP contribution is -2.43. The molecule has 0 atom stereocenters. The van der Waals surface area contributed by atoms with Gasteiger partial charge in [-0.25, -0.2) is 0 Å². The van der Waals surface area contributed by atoms with Gasteiger partial charge in [0.2, 0.25) is 0 Å². The Labute approximate surface area is 88.7 Å². The molecular formula is C11H14ClNO. The fourth-order valence-corrected chi connectivity index (χ4v) is 2.06. The van der Waals surface area contributed by atoms with Crippen LogP contribution in [0.5, 0.6) is 5.75 Å². The van der Waals surface area contributed by atoms with Crippen LogP contribution in [0.15, 0.2) is 12.1 Å². The van der Waals surface area contributed by atoms with Gasteiger partial charge in [0.15, 0.2) is 0 Å². The minimum absolute atomic E-state index is 0.272. The summed E-state index contributed by atoms with van der Waals surface area (Å²) < 4.78 is 0. The van der Waals surface area contributed by atoms with Gasteiger partial charge in [-0.15, -0.1) is 0 Å². The number of benzene rings is 1. The maximum absolute atomic E-state index is 9.78. The van der Waals surface area contributed by atoms with Gasteiger partial charge in [-0.05, 0) is 43.9 Å². The highest BCUT2D eigenvalue weighted by Crippen LogP contribution is 2.43. The first kappa shape index (κ1) is 9.81. The van der Waals surface area contributed by atoms with Crippen molar-refractivity contribution in [1.82, 2.24) is 0 Å². The molecule has 3 heteroatoms. The molecule has 1 aromatic rings. The standard InChI is InChI=1S/C11H14ClNO/c1-7-5-10(14)8(6-9(7)12)11(13)3-2-4-11/h5-6,14H,2-4,13H2,1H3. The number of nitrogens with two attached hydrogens (primary N) is 1. The van der Waals surface area contributed by atoms with Crippen LogP contribution in [0, 0.1) is 6.92 Å². The molecule has 2 rings (SSSR count). The quantitative estimate of drug-likeness (QED) is 0.750. The maximum atomic E-state index is 9.78. The van der Waals surface area contributed by atoms with Crippen LogP contribution >= 0.6 is 11.6 Å². The molecule has 2 nitrogen and oxygen atoms in total. The molecule has 0 amide bonds. The average Bonchev–Trinajstić information content (AvgIpc) is 2.07. The molecule has 0 bridgehead atoms. The Kier molecular flexibility index (Phi) is 2.20. The van der Waals surface area contributed by atoms with Crippen molar-refractivity contribution in [3.63, 3.8) is 0 Å². The van der Waals surface area contributed by atoms with Crippen molar-refractivity contribution in [3.8, 4) is 5.75 Å². The molecular weight excluding hydrogens is 198 g/mol. The highest BCUT2D eigenvalue weighted by atomic mass is 35.5. The number of aromatic hydroxyl groups is 1. The summed E-state index contributed by atoms with van der Waals surface area (Å²) in [5.74, 6) is 0.272. The van der Waals surface area contributed by atoms with Gasteiger partial charge < -0.3 is 10.8 Å². The Balaban J connectivity index is 2.48. The Hall–Kier alpha value is -0.730. The summed E-state index contributed by atoms with van der Waals surface area (Å²) in [6, 6.07) is 3.48. The molecule has 1 aromatic carbocycles. The predicted molar refractivity (Wildman–Crippen MR) is 57.6 cm³/mol. The summed E-state index contributed by atoms with van der Waals surface area (Å²) in [4.78, 5) is 0. The number of hydrogen-bond donors (Lipinski definition) is 2. The van der Waals surface area contributed by atoms with Crippen LogP contribution in [0.1, 0.15) is 30.4 Å². The Morgan fingerprint density at radius 3 is 2.57 bits per heavy atom. The second-order valence-corrected chi connectivity index (χ2v) is 4.54. The van der Waals surface area contributed by atoms with Gasteiger partial charge in [0.1, 0.15) is 5.75 Å². The number of phenols is 1. The van der Waals surface area contributed by atoms with Crippen molar-refractivity contribution in [3.05, 3.63) is 28.3 Å². The average molecular weight is 212 g/mol. The highest BCUT2D eigenvalue weighted by molar-refractivity contribution is 6.31. The third-order valence-electron chi connectivity index (χ3n) is 3.06. The van der Waals surface area contributed by atoms with Crippen LogP contribution in [-0.4, -0.2) is 5.11 Å². The summed E-state index contributed by atoms with van der Waals surface area (Å²) >= 11 is 6.01. The van der Waals surface area contributed by atoms with Crippen molar-refractivity contribution in [2.45, 2.75) is 31.7 Å². The number of aryl methyl sites for hydroxylation is 1. The predicted octanol–water partition coefficient (Wildman–Crippen LogP) is 2.69. The lowest BCUT2D eigenvalue weighted by atomic mass is 9.72. The van der Waals surface area contributed by atoms with Crippen LogP contribution in [0.2, 0.25) is 5.02 Å². The van der Waals surface area contributed by atoms with Gasteiger partial charge in [-0.1, -0.05) is 11.6 Å². The fraction of sp³-hybridized carbons (Fsp3) is 0.455. The Morgan fingerprint density at radius 2 is 2.07 bits per heavy atom. The van der Waals surface area contributed by atoms with E-state index in [9.17, 15) is 5.11 Å². The number of rotatable bonds is 1. The molecule has 0 unspecified atom stereocenters. The van der Waals surface area contributed by atoms with E-state index in [1.54, 1.807) is 12.1 Å². The van der Waals surface area contributed by atoms with Gasteiger partial charge in [0, 0.05) is 16.1 Å². The first-order chi connectivity index (χ1) is 6.53. The minimum Gasteiger partial charge on any atom is -0.508 e. The molecule has 14 heavy (non-hydrogen) atoms. The van der Waals surface area contributed by atoms with Crippen molar-refractivity contribution < 1.29 is 5.11 Å². The van der Waals surface area contributed by atoms with Crippen molar-refractivity contribution in [2.24, 2.45) is 5.73 Å². The first-order valence-electron chi connectivity index (χ1n) is 4.81. The third kappa shape index (κ3) is 1.39. The monoisotopic (exact) mass is 211 g/mol. The van der Waals surface area contributed by atoms with E-state index in [2.05, 4.69) is 0 Å². The van der Waals surface area contributed by atoms with E-state index >= 15 is 0 Å². The molecule has 3 N–H and O–H groups in total. The summed E-state index contributed by atoms with van der Waals surface area (Å²) in [7, 11) is 0. The zero-order valence-corrected chi connectivity index (χ0v) is 8.93. The Bertz CT molecular complexity index is 372. The van der Waals surface area contributed by atoms with E-state index in [0.29, 0.717) is 5.02 Å². The molecule has 0 aliphatic heterocycles. The highest BCUT2D eigenvalue weighted by Gasteiger charge is 2.36. The molecule has 1 saturated carbocycles. The van der Waals surface area contributed by atoms with E-state index in [0.717, 1.165) is 30.4 Å². The van der Waals surface area contributed by atoms with Crippen LogP contribution in [0.4, 0.5) is 0 Å². The second-order valence-electron chi connectivity index (χ2n) is 4.13. The zero-order chi connectivity index (χ0) is 10.3. The largest absolute Gasteiger partial charge is 0.508 e. The Morgan fingerprint density at radius 1 is 1.43 bits per heavy atom. The molecule has 0 radical (unpaired) electrons. The van der Waals surface area contributed by atoms with Gasteiger partial charge >= 0.3 is 0 Å². The summed E-state index contributed by atoms with van der Waals surface area (Å²) in [5, 5.41) is 10.5. The molecule has 0 saturated heterocycles. The van der Waals surface area contributed by atoms with Gasteiger partial charge in [0.25, 0.3) is 0 Å². The van der Waals surface area contributed by atoms with E-state index in [1.165, 1.54) is 0 Å². The molecule has 1 fully saturated rings. The van der Waals surface area contributed by atoms with Crippen molar-refractivity contribution in [2.75, 3.05) is 0 Å². The third-order valence-corrected chi connectivity index (χ3v) is 3.47. The van der Waals surface area contributed by atoms with Crippen LogP contribution < -0.4 is 5.73 Å². The smallest absolute Gasteiger partial charge is 0.120 e. The van der Waals surface area contributed by atoms with Gasteiger partial charge in [-0.2, -0.15) is 0 Å². The van der Waals surface area contributed by atoms with E-state index in [1.807, 2.05) is 6.92 Å². The molecule has 76 valence electrons. The summed E-state index contributed by atoms with van der Waals surface area (Å²) in [6.07, 6.45) is 2.99. The van der Waals surface area contributed by atoms with E-state index < -0.39 is 0 Å². The normalized spacial score (nSPS) is 19.1. The minimum atomic E-state index is -0.346. The van der Waals surface area contributed by atoms with E-state index in [-0.39, 0.29) is 11.3 Å². The number of hydrogen-bond acceptors (Lipinski definition) is 2. The van der Waals surface area contributed by atoms with E-state index in [4.69, 9.17) is 17.3 Å². The van der Waals surface area contributed by atoms with Crippen LogP contribution in [0.3, 0.4) is 0 Å². The lowest BCUT2D eigenvalue weighted by molar-refractivity contribution is 0.245. The lowest BCUT2D eigenvalue weighted by Gasteiger charge is -2.39. The summed E-state index contributed by atoms with van der Waals surface area (Å²) in [5.41, 5.74) is 7.46. The second kappa shape index (κ2) is 3.14. The first-order valence-corrected chi connectivity index (χ1v) is 5.19. The summed E-state index contributed by atoms with van der Waals surface area (Å²) in [6.45, 7) is 1.87. The molecule has 0 heterocycles. The SMILES string of the molecule is Cc1cc(O)c(C2(N)CCC2)cc1Cl. The number of halogens is 1. The van der Waals surface area contributed by atoms with Crippen molar-refractivity contribution in [1.29, 1.82) is 0 Å². The molecule has 0 aromatic heterocycles. The van der Waals surface area contributed by atoms with Gasteiger partial charge in [-0.3, -0.25) is 0 Å². The molecule has 1 aliphatic carbocycles.